The number of nitrogen functional groups attached to an aromatic ring is 1. The Bertz CT molecular complexity index is 457. The molecule has 0 heterocycles. The number of ether oxygens (including phenoxy) is 1. The maximum absolute atomic E-state index is 11.9. The van der Waals surface area contributed by atoms with Crippen LogP contribution in [-0.4, -0.2) is 18.6 Å². The molecular weight excluding hydrogens is 276 g/mol. The number of carbonyl (C=O) groups is 1. The van der Waals surface area contributed by atoms with Crippen LogP contribution in [0.25, 0.3) is 0 Å². The molecule has 0 unspecified atom stereocenters. The van der Waals surface area contributed by atoms with Gasteiger partial charge in [-0.2, -0.15) is 0 Å². The van der Waals surface area contributed by atoms with Gasteiger partial charge in [0, 0.05) is 17.1 Å². The zero-order chi connectivity index (χ0) is 14.4. The summed E-state index contributed by atoms with van der Waals surface area (Å²) in [5.74, 6) is 0.352. The first-order valence-corrected chi connectivity index (χ1v) is 7.50. The minimum Gasteiger partial charge on any atom is -0.482 e. The quantitative estimate of drug-likeness (QED) is 0.663. The van der Waals surface area contributed by atoms with Crippen LogP contribution in [-0.2, 0) is 4.79 Å². The normalized spacial score (nSPS) is 16.4. The van der Waals surface area contributed by atoms with Crippen LogP contribution in [0.15, 0.2) is 18.2 Å². The van der Waals surface area contributed by atoms with E-state index in [4.69, 9.17) is 22.1 Å². The summed E-state index contributed by atoms with van der Waals surface area (Å²) in [6.45, 7) is -0.0267. The van der Waals surface area contributed by atoms with E-state index >= 15 is 0 Å². The minimum atomic E-state index is -0.101. The fraction of sp³-hybridized carbons (Fsp3) is 0.533. The molecule has 0 aliphatic heterocycles. The second kappa shape index (κ2) is 7.39. The molecule has 0 bridgehead atoms. The fourth-order valence-electron chi connectivity index (χ4n) is 2.47. The van der Waals surface area contributed by atoms with Gasteiger partial charge in [-0.15, -0.1) is 0 Å². The van der Waals surface area contributed by atoms with Crippen molar-refractivity contribution in [1.82, 2.24) is 5.32 Å². The van der Waals surface area contributed by atoms with E-state index in [1.807, 2.05) is 0 Å². The van der Waals surface area contributed by atoms with Gasteiger partial charge in [0.1, 0.15) is 5.75 Å². The average molecular weight is 297 g/mol. The second-order valence-electron chi connectivity index (χ2n) is 5.23. The van der Waals surface area contributed by atoms with E-state index in [-0.39, 0.29) is 18.6 Å². The molecule has 3 N–H and O–H groups in total. The zero-order valence-electron chi connectivity index (χ0n) is 11.5. The zero-order valence-corrected chi connectivity index (χ0v) is 12.3. The molecule has 2 rings (SSSR count). The predicted molar refractivity (Wildman–Crippen MR) is 81.0 cm³/mol. The molecule has 0 atom stereocenters. The van der Waals surface area contributed by atoms with Crippen molar-refractivity contribution in [3.8, 4) is 5.75 Å². The molecule has 1 aliphatic rings. The summed E-state index contributed by atoms with van der Waals surface area (Å²) in [5, 5.41) is 3.57. The molecule has 110 valence electrons. The van der Waals surface area contributed by atoms with Crippen molar-refractivity contribution in [2.45, 2.75) is 44.6 Å². The number of carbonyl (C=O) groups excluding carboxylic acids is 1. The maximum Gasteiger partial charge on any atom is 0.258 e. The molecule has 1 aromatic rings. The molecule has 0 spiro atoms. The standard InChI is InChI=1S/C15H21ClN2O2/c16-11-7-8-13(17)14(9-11)20-10-15(19)18-12-5-3-1-2-4-6-12/h7-9,12H,1-6,10,17H2,(H,18,19). The van der Waals surface area contributed by atoms with Gasteiger partial charge in [-0.05, 0) is 25.0 Å². The lowest BCUT2D eigenvalue weighted by molar-refractivity contribution is -0.123. The molecule has 0 aromatic heterocycles. The molecule has 4 nitrogen and oxygen atoms in total. The largest absolute Gasteiger partial charge is 0.482 e. The Morgan fingerprint density at radius 2 is 2.00 bits per heavy atom. The van der Waals surface area contributed by atoms with Crippen LogP contribution in [0.2, 0.25) is 5.02 Å². The highest BCUT2D eigenvalue weighted by molar-refractivity contribution is 6.30. The highest BCUT2D eigenvalue weighted by Gasteiger charge is 2.15. The van der Waals surface area contributed by atoms with Gasteiger partial charge in [0.15, 0.2) is 6.61 Å². The van der Waals surface area contributed by atoms with Gasteiger partial charge in [-0.25, -0.2) is 0 Å². The predicted octanol–water partition coefficient (Wildman–Crippen LogP) is 3.14. The second-order valence-corrected chi connectivity index (χ2v) is 5.66. The summed E-state index contributed by atoms with van der Waals surface area (Å²) >= 11 is 5.87. The summed E-state index contributed by atoms with van der Waals surface area (Å²) < 4.78 is 5.43. The molecule has 1 aromatic carbocycles. The number of anilines is 1. The number of halogens is 1. The number of hydrogen-bond acceptors (Lipinski definition) is 3. The van der Waals surface area contributed by atoms with E-state index < -0.39 is 0 Å². The smallest absolute Gasteiger partial charge is 0.258 e. The van der Waals surface area contributed by atoms with Gasteiger partial charge in [-0.1, -0.05) is 37.3 Å². The van der Waals surface area contributed by atoms with E-state index in [1.165, 1.54) is 25.7 Å². The third kappa shape index (κ3) is 4.60. The molecule has 5 heteroatoms. The van der Waals surface area contributed by atoms with Crippen LogP contribution >= 0.6 is 11.6 Å². The van der Waals surface area contributed by atoms with Gasteiger partial charge in [-0.3, -0.25) is 4.79 Å². The van der Waals surface area contributed by atoms with Crippen LogP contribution in [0.3, 0.4) is 0 Å². The van der Waals surface area contributed by atoms with E-state index in [2.05, 4.69) is 5.32 Å². The SMILES string of the molecule is Nc1ccc(Cl)cc1OCC(=O)NC1CCCCCC1. The monoisotopic (exact) mass is 296 g/mol. The molecule has 1 saturated carbocycles. The van der Waals surface area contributed by atoms with Crippen molar-refractivity contribution < 1.29 is 9.53 Å². The summed E-state index contributed by atoms with van der Waals surface area (Å²) in [6, 6.07) is 5.26. The van der Waals surface area contributed by atoms with Crippen molar-refractivity contribution in [2.24, 2.45) is 0 Å². The number of amides is 1. The van der Waals surface area contributed by atoms with Gasteiger partial charge >= 0.3 is 0 Å². The molecule has 1 amide bonds. The van der Waals surface area contributed by atoms with Crippen molar-refractivity contribution in [1.29, 1.82) is 0 Å². The lowest BCUT2D eigenvalue weighted by Gasteiger charge is -2.16. The van der Waals surface area contributed by atoms with Gasteiger partial charge < -0.3 is 15.8 Å². The van der Waals surface area contributed by atoms with Gasteiger partial charge in [0.2, 0.25) is 0 Å². The average Bonchev–Trinajstić information content (AvgIpc) is 2.68. The Morgan fingerprint density at radius 3 is 2.70 bits per heavy atom. The highest BCUT2D eigenvalue weighted by atomic mass is 35.5. The highest BCUT2D eigenvalue weighted by Crippen LogP contribution is 2.25. The number of nitrogens with one attached hydrogen (secondary N) is 1. The van der Waals surface area contributed by atoms with Crippen LogP contribution < -0.4 is 15.8 Å². The molecule has 0 saturated heterocycles. The van der Waals surface area contributed by atoms with Gasteiger partial charge in [0.05, 0.1) is 5.69 Å². The molecule has 0 radical (unpaired) electrons. The van der Waals surface area contributed by atoms with Crippen LogP contribution in [0.4, 0.5) is 5.69 Å². The molecule has 1 aliphatic carbocycles. The first-order chi connectivity index (χ1) is 9.65. The summed E-state index contributed by atoms with van der Waals surface area (Å²) in [4.78, 5) is 11.9. The molecular formula is C15H21ClN2O2. The summed E-state index contributed by atoms with van der Waals surface area (Å²) in [7, 11) is 0. The van der Waals surface area contributed by atoms with Crippen molar-refractivity contribution >= 4 is 23.2 Å². The number of rotatable bonds is 4. The lowest BCUT2D eigenvalue weighted by atomic mass is 10.1. The maximum atomic E-state index is 11.9. The van der Waals surface area contributed by atoms with E-state index in [9.17, 15) is 4.79 Å². The van der Waals surface area contributed by atoms with E-state index in [0.29, 0.717) is 16.5 Å². The van der Waals surface area contributed by atoms with Crippen molar-refractivity contribution in [3.63, 3.8) is 0 Å². The summed E-state index contributed by atoms with van der Waals surface area (Å²) in [5.41, 5.74) is 6.25. The van der Waals surface area contributed by atoms with E-state index in [1.54, 1.807) is 18.2 Å². The Balaban J connectivity index is 1.81. The fourth-order valence-corrected chi connectivity index (χ4v) is 2.63. The van der Waals surface area contributed by atoms with Gasteiger partial charge in [0.25, 0.3) is 5.91 Å². The van der Waals surface area contributed by atoms with Crippen LogP contribution in [0, 0.1) is 0 Å². The third-order valence-corrected chi connectivity index (χ3v) is 3.79. The van der Waals surface area contributed by atoms with Crippen LogP contribution in [0.1, 0.15) is 38.5 Å². The molecule has 1 fully saturated rings. The molecule has 20 heavy (non-hydrogen) atoms. The van der Waals surface area contributed by atoms with E-state index in [0.717, 1.165) is 12.8 Å². The summed E-state index contributed by atoms with van der Waals surface area (Å²) in [6.07, 6.45) is 7.03. The topological polar surface area (TPSA) is 64.3 Å². The van der Waals surface area contributed by atoms with Crippen molar-refractivity contribution in [2.75, 3.05) is 12.3 Å². The van der Waals surface area contributed by atoms with Crippen molar-refractivity contribution in [3.05, 3.63) is 23.2 Å². The Kier molecular flexibility index (Phi) is 5.53. The first kappa shape index (κ1) is 15.0. The Labute approximate surface area is 124 Å². The Hall–Kier alpha value is -1.42. The number of nitrogens with two attached hydrogens (primary N) is 1. The number of benzene rings is 1. The first-order valence-electron chi connectivity index (χ1n) is 7.12. The third-order valence-electron chi connectivity index (χ3n) is 3.55. The minimum absolute atomic E-state index is 0.0267. The lowest BCUT2D eigenvalue weighted by Crippen LogP contribution is -2.37. The number of hydrogen-bond donors (Lipinski definition) is 2. The Morgan fingerprint density at radius 1 is 1.30 bits per heavy atom. The van der Waals surface area contributed by atoms with Crippen LogP contribution in [0.5, 0.6) is 5.75 Å².